The summed E-state index contributed by atoms with van der Waals surface area (Å²) in [7, 11) is 0. The smallest absolute Gasteiger partial charge is 0.254 e. The van der Waals surface area contributed by atoms with Crippen molar-refractivity contribution in [3.05, 3.63) is 29.3 Å². The van der Waals surface area contributed by atoms with Gasteiger partial charge < -0.3 is 10.2 Å². The Bertz CT molecular complexity index is 504. The molecule has 1 amide bonds. The highest BCUT2D eigenvalue weighted by Crippen LogP contribution is 2.28. The van der Waals surface area contributed by atoms with E-state index in [1.165, 1.54) is 12.0 Å². The number of likely N-dealkylation sites (tertiary alicyclic amines) is 1. The maximum absolute atomic E-state index is 12.9. The van der Waals surface area contributed by atoms with E-state index in [1.807, 2.05) is 12.1 Å². The Morgan fingerprint density at radius 2 is 2.19 bits per heavy atom. The van der Waals surface area contributed by atoms with Crippen LogP contribution in [0.4, 0.5) is 5.69 Å². The minimum atomic E-state index is 0. The molecular formula is C17H25ClN2O. The zero-order chi connectivity index (χ0) is 13.9. The van der Waals surface area contributed by atoms with Gasteiger partial charge in [-0.15, -0.1) is 12.4 Å². The molecule has 21 heavy (non-hydrogen) atoms. The highest BCUT2D eigenvalue weighted by Gasteiger charge is 2.28. The maximum Gasteiger partial charge on any atom is 0.254 e. The first-order chi connectivity index (χ1) is 9.81. The topological polar surface area (TPSA) is 32.3 Å². The number of benzene rings is 1. The van der Waals surface area contributed by atoms with Crippen LogP contribution in [0, 0.1) is 0 Å². The molecule has 3 nitrogen and oxygen atoms in total. The molecule has 1 saturated heterocycles. The Balaban J connectivity index is 0.00000161. The van der Waals surface area contributed by atoms with Crippen LogP contribution >= 0.6 is 12.4 Å². The first kappa shape index (κ1) is 16.2. The molecule has 0 aliphatic carbocycles. The van der Waals surface area contributed by atoms with Crippen LogP contribution in [-0.4, -0.2) is 29.9 Å². The van der Waals surface area contributed by atoms with Crippen LogP contribution < -0.4 is 5.32 Å². The normalized spacial score (nSPS) is 21.0. The van der Waals surface area contributed by atoms with Crippen molar-refractivity contribution in [2.75, 3.05) is 18.4 Å². The van der Waals surface area contributed by atoms with E-state index < -0.39 is 0 Å². The predicted octanol–water partition coefficient (Wildman–Crippen LogP) is 3.87. The van der Waals surface area contributed by atoms with Gasteiger partial charge in [0.25, 0.3) is 5.91 Å². The average molecular weight is 309 g/mol. The largest absolute Gasteiger partial charge is 0.385 e. The Morgan fingerprint density at radius 3 is 3.00 bits per heavy atom. The fraction of sp³-hybridized carbons (Fsp3) is 0.588. The SMILES string of the molecule is CCC1CCCCN1C(=O)c1cccc2c1CCCN2.Cl. The van der Waals surface area contributed by atoms with Crippen LogP contribution in [0.5, 0.6) is 0 Å². The second-order valence-electron chi connectivity index (χ2n) is 5.92. The van der Waals surface area contributed by atoms with E-state index in [0.29, 0.717) is 6.04 Å². The lowest BCUT2D eigenvalue weighted by Crippen LogP contribution is -2.43. The van der Waals surface area contributed by atoms with Gasteiger partial charge in [0.15, 0.2) is 0 Å². The number of hydrogen-bond acceptors (Lipinski definition) is 2. The molecule has 0 spiro atoms. The number of rotatable bonds is 2. The van der Waals surface area contributed by atoms with Gasteiger partial charge in [-0.3, -0.25) is 4.79 Å². The molecule has 0 saturated carbocycles. The lowest BCUT2D eigenvalue weighted by Gasteiger charge is -2.36. The molecule has 1 fully saturated rings. The van der Waals surface area contributed by atoms with E-state index in [1.54, 1.807) is 0 Å². The minimum absolute atomic E-state index is 0. The van der Waals surface area contributed by atoms with Gasteiger partial charge >= 0.3 is 0 Å². The van der Waals surface area contributed by atoms with Gasteiger partial charge in [-0.2, -0.15) is 0 Å². The number of fused-ring (bicyclic) bond motifs is 1. The number of carbonyl (C=O) groups is 1. The number of piperidine rings is 1. The molecule has 2 aliphatic rings. The molecule has 1 atom stereocenters. The highest BCUT2D eigenvalue weighted by molar-refractivity contribution is 5.97. The lowest BCUT2D eigenvalue weighted by molar-refractivity contribution is 0.0607. The van der Waals surface area contributed by atoms with Gasteiger partial charge in [-0.05, 0) is 56.2 Å². The summed E-state index contributed by atoms with van der Waals surface area (Å²) in [4.78, 5) is 15.1. The fourth-order valence-corrected chi connectivity index (χ4v) is 3.56. The third kappa shape index (κ3) is 3.18. The van der Waals surface area contributed by atoms with Crippen LogP contribution in [0.2, 0.25) is 0 Å². The second-order valence-corrected chi connectivity index (χ2v) is 5.92. The standard InChI is InChI=1S/C17H24N2O.ClH/c1-2-13-7-3-4-12-19(13)17(20)15-8-5-10-16-14(15)9-6-11-18-16;/h5,8,10,13,18H,2-4,6-7,9,11-12H2,1H3;1H. The second kappa shape index (κ2) is 7.17. The number of halogens is 1. The molecule has 1 unspecified atom stereocenters. The summed E-state index contributed by atoms with van der Waals surface area (Å²) in [6, 6.07) is 6.55. The van der Waals surface area contributed by atoms with Gasteiger partial charge in [0.2, 0.25) is 0 Å². The van der Waals surface area contributed by atoms with Crippen LogP contribution in [0.1, 0.15) is 54.9 Å². The molecule has 116 valence electrons. The van der Waals surface area contributed by atoms with Crippen LogP contribution in [0.25, 0.3) is 0 Å². The number of amides is 1. The summed E-state index contributed by atoms with van der Waals surface area (Å²) in [5.41, 5.74) is 3.31. The van der Waals surface area contributed by atoms with Gasteiger partial charge in [0.1, 0.15) is 0 Å². The molecule has 1 aromatic rings. The van der Waals surface area contributed by atoms with Crippen molar-refractivity contribution in [3.63, 3.8) is 0 Å². The van der Waals surface area contributed by atoms with Crippen LogP contribution in [0.3, 0.4) is 0 Å². The number of hydrogen-bond donors (Lipinski definition) is 1. The van der Waals surface area contributed by atoms with E-state index >= 15 is 0 Å². The summed E-state index contributed by atoms with van der Waals surface area (Å²) in [5.74, 6) is 0.247. The quantitative estimate of drug-likeness (QED) is 0.899. The Morgan fingerprint density at radius 1 is 1.33 bits per heavy atom. The lowest BCUT2D eigenvalue weighted by atomic mass is 9.94. The Hall–Kier alpha value is -1.22. The number of anilines is 1. The van der Waals surface area contributed by atoms with Crippen LogP contribution in [-0.2, 0) is 6.42 Å². The molecule has 0 aromatic heterocycles. The third-order valence-corrected chi connectivity index (χ3v) is 4.68. The number of nitrogens with one attached hydrogen (secondary N) is 1. The summed E-state index contributed by atoms with van der Waals surface area (Å²) in [6.45, 7) is 4.14. The van der Waals surface area contributed by atoms with Gasteiger partial charge in [-0.25, -0.2) is 0 Å². The van der Waals surface area contributed by atoms with Crippen molar-refractivity contribution in [2.24, 2.45) is 0 Å². The van der Waals surface area contributed by atoms with E-state index in [2.05, 4.69) is 23.2 Å². The van der Waals surface area contributed by atoms with Gasteiger partial charge in [0, 0.05) is 30.4 Å². The van der Waals surface area contributed by atoms with Crippen molar-refractivity contribution < 1.29 is 4.79 Å². The maximum atomic E-state index is 12.9. The summed E-state index contributed by atoms with van der Waals surface area (Å²) in [5, 5.41) is 3.42. The fourth-order valence-electron chi connectivity index (χ4n) is 3.56. The molecule has 2 aliphatic heterocycles. The molecule has 0 bridgehead atoms. The van der Waals surface area contributed by atoms with Crippen molar-refractivity contribution in [1.82, 2.24) is 4.90 Å². The van der Waals surface area contributed by atoms with E-state index in [-0.39, 0.29) is 18.3 Å². The van der Waals surface area contributed by atoms with E-state index in [4.69, 9.17) is 0 Å². The van der Waals surface area contributed by atoms with Crippen molar-refractivity contribution in [2.45, 2.75) is 51.5 Å². The summed E-state index contributed by atoms with van der Waals surface area (Å²) < 4.78 is 0. The molecular weight excluding hydrogens is 284 g/mol. The van der Waals surface area contributed by atoms with Gasteiger partial charge in [0.05, 0.1) is 0 Å². The summed E-state index contributed by atoms with van der Waals surface area (Å²) >= 11 is 0. The molecule has 1 aromatic carbocycles. The monoisotopic (exact) mass is 308 g/mol. The molecule has 4 heteroatoms. The molecule has 0 radical (unpaired) electrons. The molecule has 3 rings (SSSR count). The first-order valence-corrected chi connectivity index (χ1v) is 7.98. The Kier molecular flexibility index (Phi) is 5.51. The number of nitrogens with zero attached hydrogens (tertiary/aromatic N) is 1. The van der Waals surface area contributed by atoms with Crippen molar-refractivity contribution in [1.29, 1.82) is 0 Å². The third-order valence-electron chi connectivity index (χ3n) is 4.68. The van der Waals surface area contributed by atoms with Gasteiger partial charge in [-0.1, -0.05) is 13.0 Å². The predicted molar refractivity (Wildman–Crippen MR) is 89.5 cm³/mol. The molecule has 2 heterocycles. The average Bonchev–Trinajstić information content (AvgIpc) is 2.53. The molecule has 1 N–H and O–H groups in total. The zero-order valence-electron chi connectivity index (χ0n) is 12.7. The zero-order valence-corrected chi connectivity index (χ0v) is 13.5. The number of carbonyl (C=O) groups excluding carboxylic acids is 1. The van der Waals surface area contributed by atoms with Crippen molar-refractivity contribution >= 4 is 24.0 Å². The minimum Gasteiger partial charge on any atom is -0.385 e. The van der Waals surface area contributed by atoms with E-state index in [0.717, 1.165) is 56.4 Å². The first-order valence-electron chi connectivity index (χ1n) is 7.98. The van der Waals surface area contributed by atoms with E-state index in [9.17, 15) is 4.79 Å². The van der Waals surface area contributed by atoms with Crippen LogP contribution in [0.15, 0.2) is 18.2 Å². The Labute approximate surface area is 133 Å². The van der Waals surface area contributed by atoms with Crippen molar-refractivity contribution in [3.8, 4) is 0 Å². The highest BCUT2D eigenvalue weighted by atomic mass is 35.5. The summed E-state index contributed by atoms with van der Waals surface area (Å²) in [6.07, 6.45) is 6.78.